The maximum Gasteiger partial charge on any atom is 0.264 e. The molecule has 0 aliphatic carbocycles. The Kier molecular flexibility index (Phi) is 3.90. The molecule has 2 heterocycles. The zero-order valence-electron chi connectivity index (χ0n) is 13.0. The van der Waals surface area contributed by atoms with Gasteiger partial charge in [0.05, 0.1) is 10.9 Å². The van der Waals surface area contributed by atoms with Crippen LogP contribution in [0.4, 0.5) is 4.39 Å². The summed E-state index contributed by atoms with van der Waals surface area (Å²) in [7, 11) is 0. The first-order valence-electron chi connectivity index (χ1n) is 7.92. The first-order chi connectivity index (χ1) is 11.7. The Morgan fingerprint density at radius 1 is 1.04 bits per heavy atom. The van der Waals surface area contributed by atoms with Crippen LogP contribution in [0.2, 0.25) is 0 Å². The van der Waals surface area contributed by atoms with Crippen LogP contribution in [-0.4, -0.2) is 17.4 Å². The summed E-state index contributed by atoms with van der Waals surface area (Å²) < 4.78 is 13.3. The van der Waals surface area contributed by atoms with Crippen LogP contribution in [0.3, 0.4) is 0 Å². The molecule has 0 spiro atoms. The van der Waals surface area contributed by atoms with Gasteiger partial charge >= 0.3 is 0 Å². The molecule has 3 aromatic rings. The van der Waals surface area contributed by atoms with E-state index in [0.717, 1.165) is 22.4 Å². The number of fused-ring (bicyclic) bond motifs is 1. The van der Waals surface area contributed by atoms with E-state index >= 15 is 0 Å². The van der Waals surface area contributed by atoms with Gasteiger partial charge in [0.15, 0.2) is 0 Å². The molecule has 1 aromatic heterocycles. The van der Waals surface area contributed by atoms with E-state index in [1.54, 1.807) is 12.1 Å². The van der Waals surface area contributed by atoms with Crippen molar-refractivity contribution in [1.29, 1.82) is 0 Å². The lowest BCUT2D eigenvalue weighted by Crippen LogP contribution is -2.40. The Bertz CT molecular complexity index is 858. The van der Waals surface area contributed by atoms with Gasteiger partial charge in [-0.1, -0.05) is 42.5 Å². The van der Waals surface area contributed by atoms with Crippen LogP contribution in [0.1, 0.15) is 32.4 Å². The molecule has 2 nitrogen and oxygen atoms in total. The number of carbonyl (C=O) groups excluding carboxylic acids is 1. The molecule has 0 saturated carbocycles. The Morgan fingerprint density at radius 3 is 2.58 bits per heavy atom. The zero-order chi connectivity index (χ0) is 16.5. The van der Waals surface area contributed by atoms with E-state index in [-0.39, 0.29) is 17.8 Å². The third kappa shape index (κ3) is 2.63. The number of rotatable bonds is 2. The molecule has 0 unspecified atom stereocenters. The molecule has 24 heavy (non-hydrogen) atoms. The fourth-order valence-corrected chi connectivity index (χ4v) is 4.01. The number of carbonyl (C=O) groups is 1. The fraction of sp³-hybridized carbons (Fsp3) is 0.150. The second-order valence-corrected chi connectivity index (χ2v) is 6.83. The third-order valence-electron chi connectivity index (χ3n) is 4.46. The monoisotopic (exact) mass is 337 g/mol. The van der Waals surface area contributed by atoms with Crippen LogP contribution in [0.5, 0.6) is 0 Å². The summed E-state index contributed by atoms with van der Waals surface area (Å²) in [6.07, 6.45) is 0.838. The molecule has 0 N–H and O–H groups in total. The van der Waals surface area contributed by atoms with Crippen LogP contribution in [0, 0.1) is 5.82 Å². The highest BCUT2D eigenvalue weighted by Gasteiger charge is 2.32. The van der Waals surface area contributed by atoms with Crippen molar-refractivity contribution in [3.63, 3.8) is 0 Å². The molecule has 0 bridgehead atoms. The largest absolute Gasteiger partial charge is 0.326 e. The van der Waals surface area contributed by atoms with Crippen molar-refractivity contribution in [3.05, 3.63) is 93.4 Å². The summed E-state index contributed by atoms with van der Waals surface area (Å²) >= 11 is 1.45. The van der Waals surface area contributed by atoms with Gasteiger partial charge < -0.3 is 4.90 Å². The third-order valence-corrected chi connectivity index (χ3v) is 5.32. The molecule has 4 rings (SSSR count). The van der Waals surface area contributed by atoms with Gasteiger partial charge in [0.2, 0.25) is 0 Å². The number of hydrogen-bond acceptors (Lipinski definition) is 2. The van der Waals surface area contributed by atoms with Gasteiger partial charge in [0.25, 0.3) is 5.91 Å². The Morgan fingerprint density at radius 2 is 1.83 bits per heavy atom. The minimum atomic E-state index is -0.265. The molecule has 4 heteroatoms. The number of thiophene rings is 1. The number of halogens is 1. The van der Waals surface area contributed by atoms with Crippen molar-refractivity contribution in [2.24, 2.45) is 0 Å². The van der Waals surface area contributed by atoms with Gasteiger partial charge in [-0.25, -0.2) is 4.39 Å². The van der Waals surface area contributed by atoms with Gasteiger partial charge in [-0.15, -0.1) is 11.3 Å². The van der Waals surface area contributed by atoms with Crippen molar-refractivity contribution in [2.45, 2.75) is 12.5 Å². The van der Waals surface area contributed by atoms with Gasteiger partial charge in [-0.2, -0.15) is 0 Å². The second-order valence-electron chi connectivity index (χ2n) is 5.88. The van der Waals surface area contributed by atoms with Crippen molar-refractivity contribution in [2.75, 3.05) is 6.54 Å². The Labute approximate surface area is 144 Å². The summed E-state index contributed by atoms with van der Waals surface area (Å²) in [5.74, 6) is -0.229. The number of hydrogen-bond donors (Lipinski definition) is 0. The first-order valence-corrected chi connectivity index (χ1v) is 8.80. The summed E-state index contributed by atoms with van der Waals surface area (Å²) in [5.41, 5.74) is 3.32. The van der Waals surface area contributed by atoms with Gasteiger partial charge in [0, 0.05) is 6.54 Å². The van der Waals surface area contributed by atoms with Gasteiger partial charge in [-0.3, -0.25) is 4.79 Å². The average Bonchev–Trinajstić information content (AvgIpc) is 3.16. The van der Waals surface area contributed by atoms with Crippen LogP contribution in [-0.2, 0) is 6.42 Å². The molecule has 0 saturated heterocycles. The maximum atomic E-state index is 13.3. The minimum absolute atomic E-state index is 0.0360. The van der Waals surface area contributed by atoms with E-state index in [9.17, 15) is 9.18 Å². The second kappa shape index (κ2) is 6.21. The van der Waals surface area contributed by atoms with Crippen molar-refractivity contribution in [1.82, 2.24) is 4.90 Å². The van der Waals surface area contributed by atoms with Crippen LogP contribution in [0.25, 0.3) is 0 Å². The van der Waals surface area contributed by atoms with E-state index < -0.39 is 0 Å². The van der Waals surface area contributed by atoms with E-state index in [1.165, 1.54) is 29.0 Å². The predicted molar refractivity (Wildman–Crippen MR) is 93.7 cm³/mol. The highest BCUT2D eigenvalue weighted by atomic mass is 32.1. The smallest absolute Gasteiger partial charge is 0.264 e. The highest BCUT2D eigenvalue weighted by Crippen LogP contribution is 2.36. The predicted octanol–water partition coefficient (Wildman–Crippen LogP) is 4.68. The average molecular weight is 337 g/mol. The normalized spacial score (nSPS) is 16.7. The Hall–Kier alpha value is -2.46. The molecular formula is C20H16FNOS. The Balaban J connectivity index is 1.81. The number of amides is 1. The van der Waals surface area contributed by atoms with Crippen molar-refractivity contribution < 1.29 is 9.18 Å². The summed E-state index contributed by atoms with van der Waals surface area (Å²) in [6, 6.07) is 18.2. The molecule has 1 amide bonds. The van der Waals surface area contributed by atoms with E-state index in [2.05, 4.69) is 12.1 Å². The van der Waals surface area contributed by atoms with Crippen LogP contribution >= 0.6 is 11.3 Å². The SMILES string of the molecule is O=C(c1cccs1)N1CCc2ccccc2[C@H]1c1ccc(F)cc1. The topological polar surface area (TPSA) is 20.3 Å². The molecular weight excluding hydrogens is 321 g/mol. The number of nitrogens with zero attached hydrogens (tertiary/aromatic N) is 1. The maximum absolute atomic E-state index is 13.3. The molecule has 1 aliphatic rings. The zero-order valence-corrected chi connectivity index (χ0v) is 13.8. The van der Waals surface area contributed by atoms with E-state index in [4.69, 9.17) is 0 Å². The molecule has 120 valence electrons. The van der Waals surface area contributed by atoms with Gasteiger partial charge in [-0.05, 0) is 46.7 Å². The summed E-state index contributed by atoms with van der Waals surface area (Å²) in [6.45, 7) is 0.662. The summed E-state index contributed by atoms with van der Waals surface area (Å²) in [5, 5.41) is 1.91. The molecule has 0 fully saturated rings. The standard InChI is InChI=1S/C20H16FNOS/c21-16-9-7-15(8-10-16)19-17-5-2-1-4-14(17)11-12-22(19)20(23)18-6-3-13-24-18/h1-10,13,19H,11-12H2/t19-/m1/s1. The fourth-order valence-electron chi connectivity index (χ4n) is 3.33. The van der Waals surface area contributed by atoms with E-state index in [1.807, 2.05) is 34.5 Å². The van der Waals surface area contributed by atoms with Crippen LogP contribution < -0.4 is 0 Å². The molecule has 1 atom stereocenters. The van der Waals surface area contributed by atoms with Gasteiger partial charge in [0.1, 0.15) is 5.82 Å². The van der Waals surface area contributed by atoms with Crippen LogP contribution in [0.15, 0.2) is 66.0 Å². The molecule has 1 aliphatic heterocycles. The lowest BCUT2D eigenvalue weighted by Gasteiger charge is -2.37. The van der Waals surface area contributed by atoms with Crippen molar-refractivity contribution >= 4 is 17.2 Å². The quantitative estimate of drug-likeness (QED) is 0.665. The van der Waals surface area contributed by atoms with E-state index in [0.29, 0.717) is 6.54 Å². The molecule has 0 radical (unpaired) electrons. The first kappa shape index (κ1) is 15.1. The van der Waals surface area contributed by atoms with Crippen molar-refractivity contribution in [3.8, 4) is 0 Å². The highest BCUT2D eigenvalue weighted by molar-refractivity contribution is 7.12. The summed E-state index contributed by atoms with van der Waals surface area (Å²) in [4.78, 5) is 15.6. The minimum Gasteiger partial charge on any atom is -0.326 e. The number of benzene rings is 2. The molecule has 2 aromatic carbocycles. The lowest BCUT2D eigenvalue weighted by atomic mass is 9.88. The lowest BCUT2D eigenvalue weighted by molar-refractivity contribution is 0.0699.